The van der Waals surface area contributed by atoms with Crippen molar-refractivity contribution in [3.05, 3.63) is 63.5 Å². The van der Waals surface area contributed by atoms with Gasteiger partial charge in [-0.05, 0) is 65.5 Å². The molecule has 5 nitrogen and oxygen atoms in total. The first-order chi connectivity index (χ1) is 11.4. The molecule has 0 aromatic heterocycles. The highest BCUT2D eigenvalue weighted by Gasteiger charge is 2.24. The van der Waals surface area contributed by atoms with Gasteiger partial charge in [0.25, 0.3) is 0 Å². The molecule has 2 amide bonds. The quantitative estimate of drug-likeness (QED) is 0.677. The molecule has 0 bridgehead atoms. The van der Waals surface area contributed by atoms with E-state index in [0.717, 1.165) is 3.57 Å². The number of halogens is 2. The van der Waals surface area contributed by atoms with E-state index in [-0.39, 0.29) is 12.5 Å². The largest absolute Gasteiger partial charge is 0.368 e. The molecule has 0 aliphatic heterocycles. The van der Waals surface area contributed by atoms with E-state index in [1.165, 1.54) is 23.1 Å². The summed E-state index contributed by atoms with van der Waals surface area (Å²) >= 11 is 2.15. The van der Waals surface area contributed by atoms with Gasteiger partial charge in [-0.25, -0.2) is 4.39 Å². The number of carbonyl (C=O) groups is 2. The summed E-state index contributed by atoms with van der Waals surface area (Å²) in [6.45, 7) is -0.0599. The lowest BCUT2D eigenvalue weighted by atomic mass is 10.0. The average Bonchev–Trinajstić information content (AvgIpc) is 2.46. The van der Waals surface area contributed by atoms with Crippen LogP contribution in [0.1, 0.15) is 11.6 Å². The number of carbonyl (C=O) groups excluding carboxylic acids is 2. The molecule has 0 aliphatic rings. The van der Waals surface area contributed by atoms with Crippen molar-refractivity contribution in [2.75, 3.05) is 18.9 Å². The Labute approximate surface area is 153 Å². The molecule has 0 saturated carbocycles. The Bertz CT molecular complexity index is 754. The van der Waals surface area contributed by atoms with Crippen LogP contribution in [0.4, 0.5) is 10.1 Å². The van der Waals surface area contributed by atoms with Crippen LogP contribution >= 0.6 is 22.6 Å². The maximum atomic E-state index is 13.4. The van der Waals surface area contributed by atoms with Gasteiger partial charge in [-0.2, -0.15) is 0 Å². The minimum Gasteiger partial charge on any atom is -0.368 e. The zero-order valence-electron chi connectivity index (χ0n) is 13.0. The van der Waals surface area contributed by atoms with Gasteiger partial charge >= 0.3 is 0 Å². The molecule has 0 fully saturated rings. The highest BCUT2D eigenvalue weighted by molar-refractivity contribution is 14.1. The Morgan fingerprint density at radius 3 is 2.58 bits per heavy atom. The number of amides is 2. The summed E-state index contributed by atoms with van der Waals surface area (Å²) in [6.07, 6.45) is 0. The van der Waals surface area contributed by atoms with Crippen LogP contribution in [0.3, 0.4) is 0 Å². The van der Waals surface area contributed by atoms with Gasteiger partial charge in [-0.15, -0.1) is 0 Å². The summed E-state index contributed by atoms with van der Waals surface area (Å²) in [7, 11) is 1.59. The number of nitrogens with one attached hydrogen (secondary N) is 1. The minimum absolute atomic E-state index is 0.0599. The van der Waals surface area contributed by atoms with Crippen molar-refractivity contribution in [1.82, 2.24) is 4.90 Å². The number of hydrogen-bond acceptors (Lipinski definition) is 3. The Balaban J connectivity index is 2.09. The monoisotopic (exact) mass is 441 g/mol. The van der Waals surface area contributed by atoms with Crippen LogP contribution in [0, 0.1) is 9.39 Å². The third-order valence-electron chi connectivity index (χ3n) is 3.38. The second kappa shape index (κ2) is 8.20. The topological polar surface area (TPSA) is 75.4 Å². The summed E-state index contributed by atoms with van der Waals surface area (Å²) in [6, 6.07) is 12.1. The number of rotatable bonds is 6. The smallest absolute Gasteiger partial charge is 0.239 e. The fourth-order valence-corrected chi connectivity index (χ4v) is 2.94. The molecular formula is C17H17FIN3O2. The standard InChI is InChI=1S/C17H17FIN3O2/c1-22(10-15(23)21-14-7-3-6-13(19)9-14)16(17(20)24)11-4-2-5-12(18)8-11/h2-9,16H,10H2,1H3,(H2,20,24)(H,21,23). The van der Waals surface area contributed by atoms with Crippen molar-refractivity contribution in [2.45, 2.75) is 6.04 Å². The number of primary amides is 1. The van der Waals surface area contributed by atoms with Gasteiger partial charge in [-0.1, -0.05) is 18.2 Å². The summed E-state index contributed by atoms with van der Waals surface area (Å²) < 4.78 is 14.4. The number of hydrogen-bond donors (Lipinski definition) is 2. The van der Waals surface area contributed by atoms with E-state index >= 15 is 0 Å². The van der Waals surface area contributed by atoms with Crippen molar-refractivity contribution in [2.24, 2.45) is 5.73 Å². The SMILES string of the molecule is CN(CC(=O)Nc1cccc(I)c1)C(C(N)=O)c1cccc(F)c1. The number of anilines is 1. The van der Waals surface area contributed by atoms with E-state index < -0.39 is 17.8 Å². The summed E-state index contributed by atoms with van der Waals surface area (Å²) in [4.78, 5) is 25.4. The predicted octanol–water partition coefficient (Wildman–Crippen LogP) is 2.53. The molecule has 1 unspecified atom stereocenters. The van der Waals surface area contributed by atoms with Crippen LogP contribution < -0.4 is 11.1 Å². The van der Waals surface area contributed by atoms with Gasteiger partial charge in [0.1, 0.15) is 11.9 Å². The Kier molecular flexibility index (Phi) is 6.27. The van der Waals surface area contributed by atoms with Gasteiger partial charge in [0.2, 0.25) is 11.8 Å². The molecule has 3 N–H and O–H groups in total. The first-order valence-corrected chi connectivity index (χ1v) is 8.25. The van der Waals surface area contributed by atoms with Crippen LogP contribution in [0.5, 0.6) is 0 Å². The Morgan fingerprint density at radius 1 is 1.25 bits per heavy atom. The lowest BCUT2D eigenvalue weighted by Crippen LogP contribution is -2.39. The molecule has 0 aliphatic carbocycles. The molecule has 0 spiro atoms. The molecule has 2 aromatic rings. The van der Waals surface area contributed by atoms with Crippen molar-refractivity contribution < 1.29 is 14.0 Å². The number of likely N-dealkylation sites (N-methyl/N-ethyl adjacent to an activating group) is 1. The maximum absolute atomic E-state index is 13.4. The van der Waals surface area contributed by atoms with E-state index in [1.54, 1.807) is 19.2 Å². The molecule has 0 saturated heterocycles. The molecule has 1 atom stereocenters. The molecule has 24 heavy (non-hydrogen) atoms. The van der Waals surface area contributed by atoms with Gasteiger partial charge in [-0.3, -0.25) is 14.5 Å². The Morgan fingerprint density at radius 2 is 1.96 bits per heavy atom. The predicted molar refractivity (Wildman–Crippen MR) is 98.8 cm³/mol. The lowest BCUT2D eigenvalue weighted by Gasteiger charge is -2.25. The third-order valence-corrected chi connectivity index (χ3v) is 4.05. The zero-order valence-corrected chi connectivity index (χ0v) is 15.2. The summed E-state index contributed by atoms with van der Waals surface area (Å²) in [5, 5.41) is 2.76. The van der Waals surface area contributed by atoms with E-state index in [2.05, 4.69) is 27.9 Å². The fourth-order valence-electron chi connectivity index (χ4n) is 2.40. The van der Waals surface area contributed by atoms with Gasteiger partial charge in [0.15, 0.2) is 0 Å². The van der Waals surface area contributed by atoms with E-state index in [4.69, 9.17) is 5.73 Å². The van der Waals surface area contributed by atoms with Crippen LogP contribution in [-0.2, 0) is 9.59 Å². The molecule has 7 heteroatoms. The van der Waals surface area contributed by atoms with Gasteiger partial charge in [0.05, 0.1) is 6.54 Å². The van der Waals surface area contributed by atoms with Gasteiger partial charge < -0.3 is 11.1 Å². The van der Waals surface area contributed by atoms with E-state index in [9.17, 15) is 14.0 Å². The first-order valence-electron chi connectivity index (χ1n) is 7.17. The summed E-state index contributed by atoms with van der Waals surface area (Å²) in [5.74, 6) is -1.40. The van der Waals surface area contributed by atoms with Crippen LogP contribution in [0.2, 0.25) is 0 Å². The van der Waals surface area contributed by atoms with Crippen LogP contribution in [-0.4, -0.2) is 30.3 Å². The average molecular weight is 441 g/mol. The second-order valence-corrected chi connectivity index (χ2v) is 6.58. The van der Waals surface area contributed by atoms with Crippen molar-refractivity contribution >= 4 is 40.1 Å². The number of nitrogens with zero attached hydrogens (tertiary/aromatic N) is 1. The molecular weight excluding hydrogens is 424 g/mol. The highest BCUT2D eigenvalue weighted by atomic mass is 127. The molecule has 126 valence electrons. The second-order valence-electron chi connectivity index (χ2n) is 5.33. The van der Waals surface area contributed by atoms with Crippen molar-refractivity contribution in [3.8, 4) is 0 Å². The van der Waals surface area contributed by atoms with E-state index in [0.29, 0.717) is 11.3 Å². The maximum Gasteiger partial charge on any atom is 0.239 e. The normalized spacial score (nSPS) is 12.0. The van der Waals surface area contributed by atoms with Crippen LogP contribution in [0.25, 0.3) is 0 Å². The highest BCUT2D eigenvalue weighted by Crippen LogP contribution is 2.20. The Hall–Kier alpha value is -2.00. The van der Waals surface area contributed by atoms with E-state index in [1.807, 2.05) is 18.2 Å². The van der Waals surface area contributed by atoms with Crippen LogP contribution in [0.15, 0.2) is 48.5 Å². The van der Waals surface area contributed by atoms with Crippen molar-refractivity contribution in [1.29, 1.82) is 0 Å². The minimum atomic E-state index is -0.887. The van der Waals surface area contributed by atoms with Crippen molar-refractivity contribution in [3.63, 3.8) is 0 Å². The summed E-state index contributed by atoms with van der Waals surface area (Å²) in [5.41, 5.74) is 6.51. The fraction of sp³-hybridized carbons (Fsp3) is 0.176. The first kappa shape index (κ1) is 18.3. The molecule has 0 heterocycles. The lowest BCUT2D eigenvalue weighted by molar-refractivity contribution is -0.124. The number of benzene rings is 2. The zero-order chi connectivity index (χ0) is 17.7. The molecule has 0 radical (unpaired) electrons. The van der Waals surface area contributed by atoms with Gasteiger partial charge in [0, 0.05) is 9.26 Å². The molecule has 2 aromatic carbocycles. The molecule has 2 rings (SSSR count). The number of nitrogens with two attached hydrogens (primary N) is 1. The third kappa shape index (κ3) is 5.00.